The van der Waals surface area contributed by atoms with E-state index in [0.717, 1.165) is 18.4 Å². The summed E-state index contributed by atoms with van der Waals surface area (Å²) in [7, 11) is 0. The number of rotatable bonds is 4. The highest BCUT2D eigenvalue weighted by molar-refractivity contribution is 5.29. The normalized spacial score (nSPS) is 23.1. The Morgan fingerprint density at radius 3 is 2.33 bits per heavy atom. The average Bonchev–Trinajstić information content (AvgIpc) is 2.95. The zero-order valence-electron chi connectivity index (χ0n) is 12.4. The molecule has 0 aliphatic carbocycles. The molecule has 1 fully saturated rings. The fourth-order valence-corrected chi connectivity index (χ4v) is 3.01. The van der Waals surface area contributed by atoms with Gasteiger partial charge in [-0.15, -0.1) is 0 Å². The van der Waals surface area contributed by atoms with Crippen molar-refractivity contribution in [3.63, 3.8) is 0 Å². The molecule has 0 aromatic heterocycles. The van der Waals surface area contributed by atoms with Crippen LogP contribution in [0.15, 0.2) is 54.6 Å². The lowest BCUT2D eigenvalue weighted by atomic mass is 9.92. The van der Waals surface area contributed by atoms with E-state index in [9.17, 15) is 5.11 Å². The molecule has 1 heterocycles. The second-order valence-electron chi connectivity index (χ2n) is 5.99. The van der Waals surface area contributed by atoms with Crippen LogP contribution in [0.3, 0.4) is 0 Å². The first kappa shape index (κ1) is 14.3. The summed E-state index contributed by atoms with van der Waals surface area (Å²) in [5.41, 5.74) is 3.58. The Morgan fingerprint density at radius 2 is 1.71 bits per heavy atom. The van der Waals surface area contributed by atoms with E-state index in [1.165, 1.54) is 11.1 Å². The molecule has 3 rings (SSSR count). The number of benzene rings is 2. The summed E-state index contributed by atoms with van der Waals surface area (Å²) in [6.45, 7) is 2.73. The van der Waals surface area contributed by atoms with Crippen LogP contribution in [0.4, 0.5) is 0 Å². The summed E-state index contributed by atoms with van der Waals surface area (Å²) in [5.74, 6) is 0.222. The molecule has 0 bridgehead atoms. The van der Waals surface area contributed by atoms with Crippen LogP contribution < -0.4 is 0 Å². The van der Waals surface area contributed by atoms with E-state index in [2.05, 4.69) is 43.3 Å². The van der Waals surface area contributed by atoms with Gasteiger partial charge < -0.3 is 9.84 Å². The summed E-state index contributed by atoms with van der Waals surface area (Å²) >= 11 is 0. The van der Waals surface area contributed by atoms with Crippen LogP contribution >= 0.6 is 0 Å². The molecule has 2 nitrogen and oxygen atoms in total. The van der Waals surface area contributed by atoms with Crippen molar-refractivity contribution in [1.29, 1.82) is 0 Å². The number of hydrogen-bond donors (Lipinski definition) is 1. The summed E-state index contributed by atoms with van der Waals surface area (Å²) in [6.07, 6.45) is 1.72. The minimum atomic E-state index is -0.416. The first-order valence-corrected chi connectivity index (χ1v) is 7.65. The lowest BCUT2D eigenvalue weighted by molar-refractivity contribution is 0.0804. The van der Waals surface area contributed by atoms with Crippen molar-refractivity contribution < 1.29 is 9.84 Å². The van der Waals surface area contributed by atoms with Gasteiger partial charge >= 0.3 is 0 Å². The molecule has 2 heteroatoms. The Morgan fingerprint density at radius 1 is 1.05 bits per heavy atom. The van der Waals surface area contributed by atoms with E-state index in [-0.39, 0.29) is 12.0 Å². The Kier molecular flexibility index (Phi) is 4.37. The molecular weight excluding hydrogens is 260 g/mol. The molecule has 1 aliphatic rings. The Labute approximate surface area is 126 Å². The van der Waals surface area contributed by atoms with E-state index in [1.807, 2.05) is 18.2 Å². The maximum absolute atomic E-state index is 10.4. The number of ether oxygens (including phenoxy) is 1. The highest BCUT2D eigenvalue weighted by atomic mass is 16.5. The van der Waals surface area contributed by atoms with Gasteiger partial charge in [-0.2, -0.15) is 0 Å². The molecule has 1 N–H and O–H groups in total. The lowest BCUT2D eigenvalue weighted by Crippen LogP contribution is -2.12. The zero-order valence-corrected chi connectivity index (χ0v) is 12.4. The SMILES string of the molecule is CC1CC(C(O)c2ccc(Cc3ccccc3)cc2)CO1. The fraction of sp³-hybridized carbons (Fsp3) is 0.368. The third-order valence-electron chi connectivity index (χ3n) is 4.25. The first-order valence-electron chi connectivity index (χ1n) is 7.65. The summed E-state index contributed by atoms with van der Waals surface area (Å²) in [5, 5.41) is 10.4. The van der Waals surface area contributed by atoms with Gasteiger partial charge in [0.1, 0.15) is 0 Å². The van der Waals surface area contributed by atoms with Gasteiger partial charge in [-0.1, -0.05) is 54.6 Å². The molecule has 3 atom stereocenters. The van der Waals surface area contributed by atoms with Gasteiger partial charge in [-0.3, -0.25) is 0 Å². The van der Waals surface area contributed by atoms with Crippen LogP contribution in [0, 0.1) is 5.92 Å². The molecule has 2 aromatic carbocycles. The third kappa shape index (κ3) is 3.52. The molecule has 0 radical (unpaired) electrons. The van der Waals surface area contributed by atoms with E-state index >= 15 is 0 Å². The van der Waals surface area contributed by atoms with Crippen LogP contribution in [-0.2, 0) is 11.2 Å². The molecular formula is C19H22O2. The van der Waals surface area contributed by atoms with Crippen molar-refractivity contribution >= 4 is 0 Å². The van der Waals surface area contributed by atoms with Crippen molar-refractivity contribution in [2.45, 2.75) is 32.0 Å². The van der Waals surface area contributed by atoms with Crippen molar-refractivity contribution in [3.05, 3.63) is 71.3 Å². The monoisotopic (exact) mass is 282 g/mol. The fourth-order valence-electron chi connectivity index (χ4n) is 3.01. The van der Waals surface area contributed by atoms with E-state index in [1.54, 1.807) is 0 Å². The highest BCUT2D eigenvalue weighted by Crippen LogP contribution is 2.31. The number of aliphatic hydroxyl groups is 1. The highest BCUT2D eigenvalue weighted by Gasteiger charge is 2.29. The van der Waals surface area contributed by atoms with E-state index < -0.39 is 6.10 Å². The van der Waals surface area contributed by atoms with Gasteiger partial charge in [0.25, 0.3) is 0 Å². The Balaban J connectivity index is 1.66. The minimum Gasteiger partial charge on any atom is -0.388 e. The predicted octanol–water partition coefficient (Wildman–Crippen LogP) is 3.74. The topological polar surface area (TPSA) is 29.5 Å². The maximum atomic E-state index is 10.4. The molecule has 1 aliphatic heterocycles. The Bertz CT molecular complexity index is 562. The van der Waals surface area contributed by atoms with Gasteiger partial charge in [0.05, 0.1) is 18.8 Å². The minimum absolute atomic E-state index is 0.222. The Hall–Kier alpha value is -1.64. The lowest BCUT2D eigenvalue weighted by Gasteiger charge is -2.17. The summed E-state index contributed by atoms with van der Waals surface area (Å²) < 4.78 is 5.55. The molecule has 0 saturated carbocycles. The standard InChI is InChI=1S/C19H22O2/c1-14-11-18(13-21-14)19(20)17-9-7-16(8-10-17)12-15-5-3-2-4-6-15/h2-10,14,18-20H,11-13H2,1H3. The third-order valence-corrected chi connectivity index (χ3v) is 4.25. The maximum Gasteiger partial charge on any atom is 0.0841 e. The van der Waals surface area contributed by atoms with Crippen molar-refractivity contribution in [2.75, 3.05) is 6.61 Å². The molecule has 2 aromatic rings. The van der Waals surface area contributed by atoms with E-state index in [0.29, 0.717) is 6.61 Å². The quantitative estimate of drug-likeness (QED) is 0.925. The van der Waals surface area contributed by atoms with Crippen LogP contribution in [0.1, 0.15) is 36.1 Å². The summed E-state index contributed by atoms with van der Waals surface area (Å²) in [6, 6.07) is 18.8. The van der Waals surface area contributed by atoms with Gasteiger partial charge in [0, 0.05) is 5.92 Å². The van der Waals surface area contributed by atoms with Crippen LogP contribution in [-0.4, -0.2) is 17.8 Å². The molecule has 0 amide bonds. The van der Waals surface area contributed by atoms with Crippen LogP contribution in [0.2, 0.25) is 0 Å². The molecule has 1 saturated heterocycles. The van der Waals surface area contributed by atoms with Crippen molar-refractivity contribution in [2.24, 2.45) is 5.92 Å². The molecule has 21 heavy (non-hydrogen) atoms. The summed E-state index contributed by atoms with van der Waals surface area (Å²) in [4.78, 5) is 0. The second-order valence-corrected chi connectivity index (χ2v) is 5.99. The van der Waals surface area contributed by atoms with Gasteiger partial charge in [-0.25, -0.2) is 0 Å². The average molecular weight is 282 g/mol. The molecule has 0 spiro atoms. The first-order chi connectivity index (χ1) is 10.2. The number of hydrogen-bond acceptors (Lipinski definition) is 2. The molecule has 110 valence electrons. The van der Waals surface area contributed by atoms with E-state index in [4.69, 9.17) is 4.74 Å². The van der Waals surface area contributed by atoms with Gasteiger partial charge in [0.2, 0.25) is 0 Å². The smallest absolute Gasteiger partial charge is 0.0841 e. The molecule has 3 unspecified atom stereocenters. The van der Waals surface area contributed by atoms with Gasteiger partial charge in [0.15, 0.2) is 0 Å². The van der Waals surface area contributed by atoms with Gasteiger partial charge in [-0.05, 0) is 36.5 Å². The van der Waals surface area contributed by atoms with Crippen molar-refractivity contribution in [1.82, 2.24) is 0 Å². The zero-order chi connectivity index (χ0) is 14.7. The largest absolute Gasteiger partial charge is 0.388 e. The second kappa shape index (κ2) is 6.42. The van der Waals surface area contributed by atoms with Crippen molar-refractivity contribution in [3.8, 4) is 0 Å². The van der Waals surface area contributed by atoms with Crippen LogP contribution in [0.5, 0.6) is 0 Å². The van der Waals surface area contributed by atoms with Crippen LogP contribution in [0.25, 0.3) is 0 Å². The predicted molar refractivity (Wildman–Crippen MR) is 84.2 cm³/mol. The number of aliphatic hydroxyl groups excluding tert-OH is 1.